The summed E-state index contributed by atoms with van der Waals surface area (Å²) >= 11 is 0. The van der Waals surface area contributed by atoms with Crippen LogP contribution in [0.5, 0.6) is 0 Å². The van der Waals surface area contributed by atoms with Crippen LogP contribution in [0.1, 0.15) is 27.2 Å². The third-order valence-electron chi connectivity index (χ3n) is 2.63. The maximum Gasteiger partial charge on any atom is 0.259 e. The summed E-state index contributed by atoms with van der Waals surface area (Å²) in [6.07, 6.45) is 0.834. The second kappa shape index (κ2) is 3.82. The summed E-state index contributed by atoms with van der Waals surface area (Å²) in [6.45, 7) is 5.17. The second-order valence-electron chi connectivity index (χ2n) is 3.65. The number of aliphatic hydroxyl groups excluding tert-OH is 1. The Morgan fingerprint density at radius 2 is 2.21 bits per heavy atom. The first-order chi connectivity index (χ1) is 6.49. The van der Waals surface area contributed by atoms with E-state index in [0.717, 1.165) is 6.42 Å². The minimum absolute atomic E-state index is 0.0877. The Labute approximate surface area is 83.0 Å². The topological polar surface area (TPSA) is 66.4 Å². The Hall–Kier alpha value is -1.32. The number of rotatable bonds is 3. The van der Waals surface area contributed by atoms with Crippen LogP contribution in [0.25, 0.3) is 0 Å². The van der Waals surface area contributed by atoms with Crippen molar-refractivity contribution in [1.82, 2.24) is 5.32 Å². The van der Waals surface area contributed by atoms with Gasteiger partial charge in [-0.1, -0.05) is 20.3 Å². The zero-order chi connectivity index (χ0) is 10.9. The lowest BCUT2D eigenvalue weighted by Crippen LogP contribution is -2.34. The Morgan fingerprint density at radius 1 is 1.64 bits per heavy atom. The van der Waals surface area contributed by atoms with E-state index in [0.29, 0.717) is 0 Å². The van der Waals surface area contributed by atoms with Gasteiger partial charge in [-0.2, -0.15) is 0 Å². The highest BCUT2D eigenvalue weighted by Gasteiger charge is 2.36. The summed E-state index contributed by atoms with van der Waals surface area (Å²) < 4.78 is 0. The number of carbonyl (C=O) groups is 2. The lowest BCUT2D eigenvalue weighted by molar-refractivity contribution is -0.121. The van der Waals surface area contributed by atoms with Gasteiger partial charge in [-0.25, -0.2) is 0 Å². The van der Waals surface area contributed by atoms with Crippen LogP contribution in [0.4, 0.5) is 0 Å². The van der Waals surface area contributed by atoms with Gasteiger partial charge in [0.05, 0.1) is 6.04 Å². The molecule has 2 atom stereocenters. The normalized spacial score (nSPS) is 23.6. The fourth-order valence-electron chi connectivity index (χ4n) is 1.54. The summed E-state index contributed by atoms with van der Waals surface area (Å²) in [5.74, 6) is -0.807. The highest BCUT2D eigenvalue weighted by atomic mass is 16.4. The zero-order valence-corrected chi connectivity index (χ0v) is 8.63. The lowest BCUT2D eigenvalue weighted by atomic mass is 10.6. The fraction of sp³-hybridized carbons (Fsp3) is 0.600. The van der Waals surface area contributed by atoms with Crippen molar-refractivity contribution >= 4 is 11.7 Å². The van der Waals surface area contributed by atoms with E-state index < -0.39 is 11.9 Å². The standard InChI is InChI=1S/C10H15NO3/c1-4-5(2)8-9(13)7(6(3)12)10(14)11-8/h5,8,13H,4H2,1-3H3,(H,11,14)/i1+1,2+1,4+1,5+1,7+1,8+1,9+1,10+1. The molecule has 0 saturated carbocycles. The number of hydrogen-bond donors (Lipinski definition) is 2. The van der Waals surface area contributed by atoms with Crippen molar-refractivity contribution in [3.63, 3.8) is 0 Å². The maximum absolute atomic E-state index is 11.3. The van der Waals surface area contributed by atoms with Crippen molar-refractivity contribution in [1.29, 1.82) is 0 Å². The van der Waals surface area contributed by atoms with Gasteiger partial charge >= 0.3 is 0 Å². The molecular formula is C10H15NO3. The molecule has 4 heteroatoms. The molecule has 1 rings (SSSR count). The van der Waals surface area contributed by atoms with Crippen LogP contribution in [-0.4, -0.2) is 22.8 Å². The van der Waals surface area contributed by atoms with Gasteiger partial charge in [0, 0.05) is 0 Å². The maximum atomic E-state index is 11.3. The van der Waals surface area contributed by atoms with E-state index in [1.165, 1.54) is 6.92 Å². The number of nitrogens with one attached hydrogen (secondary N) is 1. The highest BCUT2D eigenvalue weighted by molar-refractivity contribution is 6.20. The molecule has 0 aromatic carbocycles. The predicted octanol–water partition coefficient (Wildman–Crippen LogP) is 0.932. The molecule has 1 amide bonds. The lowest BCUT2D eigenvalue weighted by Gasteiger charge is -2.17. The van der Waals surface area contributed by atoms with Crippen molar-refractivity contribution in [3.8, 4) is 0 Å². The Kier molecular flexibility index (Phi) is 2.93. The average Bonchev–Trinajstić information content (AvgIpc) is 2.40. The molecule has 1 heterocycles. The molecular weight excluding hydrogens is 190 g/mol. The number of Topliss-reactive ketones (excluding diaryl/α,β-unsaturated/α-hetero) is 1. The van der Waals surface area contributed by atoms with Crippen LogP contribution in [0.2, 0.25) is 0 Å². The summed E-state index contributed by atoms with van der Waals surface area (Å²) in [6, 6.07) is -0.397. The minimum atomic E-state index is -0.458. The van der Waals surface area contributed by atoms with Crippen molar-refractivity contribution < 1.29 is 14.7 Å². The van der Waals surface area contributed by atoms with E-state index in [9.17, 15) is 14.7 Å². The monoisotopic (exact) mass is 205 g/mol. The Bertz CT molecular complexity index is 306. The quantitative estimate of drug-likeness (QED) is 0.532. The summed E-state index contributed by atoms with van der Waals surface area (Å²) in [5.41, 5.74) is -0.0877. The Balaban J connectivity index is 2.98. The molecule has 0 fully saturated rings. The smallest absolute Gasteiger partial charge is 0.259 e. The van der Waals surface area contributed by atoms with Gasteiger partial charge in [0.2, 0.25) is 0 Å². The molecule has 0 spiro atoms. The van der Waals surface area contributed by atoms with Crippen LogP contribution >= 0.6 is 0 Å². The Morgan fingerprint density at radius 3 is 2.57 bits per heavy atom. The van der Waals surface area contributed by atoms with E-state index in [4.69, 9.17) is 0 Å². The molecule has 0 aliphatic carbocycles. The highest BCUT2D eigenvalue weighted by Crippen LogP contribution is 2.23. The molecule has 0 bridgehead atoms. The van der Waals surface area contributed by atoms with E-state index in [2.05, 4.69) is 5.32 Å². The molecule has 78 valence electrons. The third kappa shape index (κ3) is 1.64. The van der Waals surface area contributed by atoms with Crippen molar-refractivity contribution in [2.24, 2.45) is 5.92 Å². The van der Waals surface area contributed by atoms with E-state index in [1.807, 2.05) is 13.8 Å². The molecule has 2 N–H and O–H groups in total. The van der Waals surface area contributed by atoms with Gasteiger partial charge in [0.25, 0.3) is 5.91 Å². The number of ketones is 1. The summed E-state index contributed by atoms with van der Waals surface area (Å²) in [4.78, 5) is 22.4. The SMILES string of the molecule is CC(=O)[13C]1=[13C](O)[13CH]([13CH]([13CH3])[13CH2][13CH3])N[13C]1=O. The van der Waals surface area contributed by atoms with Crippen LogP contribution in [0.15, 0.2) is 11.3 Å². The van der Waals surface area contributed by atoms with Crippen LogP contribution in [0.3, 0.4) is 0 Å². The van der Waals surface area contributed by atoms with Gasteiger partial charge in [-0.3, -0.25) is 9.59 Å². The first kappa shape index (κ1) is 10.8. The predicted molar refractivity (Wildman–Crippen MR) is 51.7 cm³/mol. The molecule has 2 unspecified atom stereocenters. The molecule has 1 aliphatic heterocycles. The number of amides is 1. The zero-order valence-electron chi connectivity index (χ0n) is 8.63. The average molecular weight is 205 g/mol. The number of aliphatic hydroxyl groups is 1. The molecule has 0 aromatic heterocycles. The van der Waals surface area contributed by atoms with E-state index in [1.54, 1.807) is 0 Å². The third-order valence-corrected chi connectivity index (χ3v) is 2.63. The van der Waals surface area contributed by atoms with Gasteiger partial charge in [-0.15, -0.1) is 0 Å². The van der Waals surface area contributed by atoms with Crippen molar-refractivity contribution in [3.05, 3.63) is 11.3 Å². The minimum Gasteiger partial charge on any atom is -0.509 e. The largest absolute Gasteiger partial charge is 0.509 e. The van der Waals surface area contributed by atoms with Crippen LogP contribution < -0.4 is 5.32 Å². The summed E-state index contributed by atoms with van der Waals surface area (Å²) in [7, 11) is 0. The molecule has 0 saturated heterocycles. The van der Waals surface area contributed by atoms with Crippen molar-refractivity contribution in [2.45, 2.75) is 33.2 Å². The first-order valence-electron chi connectivity index (χ1n) is 4.74. The van der Waals surface area contributed by atoms with Gasteiger partial charge < -0.3 is 10.4 Å². The first-order valence-corrected chi connectivity index (χ1v) is 4.74. The number of carbonyl (C=O) groups excluding carboxylic acids is 2. The van der Waals surface area contributed by atoms with Gasteiger partial charge in [-0.05, 0) is 12.8 Å². The molecule has 0 aromatic rings. The fourth-order valence-corrected chi connectivity index (χ4v) is 1.54. The molecule has 4 nitrogen and oxygen atoms in total. The van der Waals surface area contributed by atoms with E-state index >= 15 is 0 Å². The van der Waals surface area contributed by atoms with Crippen LogP contribution in [0, 0.1) is 5.92 Å². The second-order valence-corrected chi connectivity index (χ2v) is 3.65. The van der Waals surface area contributed by atoms with Crippen LogP contribution in [-0.2, 0) is 9.59 Å². The van der Waals surface area contributed by atoms with Gasteiger partial charge in [0.1, 0.15) is 11.3 Å². The summed E-state index contributed by atoms with van der Waals surface area (Å²) in [5, 5.41) is 12.3. The van der Waals surface area contributed by atoms with Gasteiger partial charge in [0.15, 0.2) is 5.78 Å². The van der Waals surface area contributed by atoms with Crippen molar-refractivity contribution in [2.75, 3.05) is 0 Å². The van der Waals surface area contributed by atoms with E-state index in [-0.39, 0.29) is 23.0 Å². The molecule has 0 radical (unpaired) electrons. The number of hydrogen-bond acceptors (Lipinski definition) is 3. The molecule has 14 heavy (non-hydrogen) atoms. The molecule has 1 aliphatic rings.